The van der Waals surface area contributed by atoms with Crippen molar-refractivity contribution in [3.8, 4) is 0 Å². The van der Waals surface area contributed by atoms with Gasteiger partial charge in [0.05, 0.1) is 25.5 Å². The van der Waals surface area contributed by atoms with E-state index in [0.717, 1.165) is 24.2 Å². The van der Waals surface area contributed by atoms with Gasteiger partial charge < -0.3 is 14.4 Å². The van der Waals surface area contributed by atoms with Gasteiger partial charge in [0, 0.05) is 36.8 Å². The molecule has 1 amide bonds. The Morgan fingerprint density at radius 1 is 1.33 bits per heavy atom. The zero-order valence-electron chi connectivity index (χ0n) is 17.8. The van der Waals surface area contributed by atoms with Crippen LogP contribution in [0.25, 0.3) is 0 Å². The maximum atomic E-state index is 14.2. The second kappa shape index (κ2) is 5.84. The van der Waals surface area contributed by atoms with E-state index in [1.54, 1.807) is 7.11 Å². The average Bonchev–Trinajstić information content (AvgIpc) is 3.19. The largest absolute Gasteiger partial charge is 0.462 e. The zero-order valence-corrected chi connectivity index (χ0v) is 17.8. The molecule has 0 radical (unpaired) electrons. The number of hydrogen-bond acceptors (Lipinski definition) is 6. The van der Waals surface area contributed by atoms with E-state index in [9.17, 15) is 9.59 Å². The van der Waals surface area contributed by atoms with Crippen molar-refractivity contribution in [3.63, 3.8) is 0 Å². The summed E-state index contributed by atoms with van der Waals surface area (Å²) in [7, 11) is 3.69. The third-order valence-corrected chi connectivity index (χ3v) is 8.94. The summed E-state index contributed by atoms with van der Waals surface area (Å²) in [4.78, 5) is 34.1. The molecule has 0 N–H and O–H groups in total. The van der Waals surface area contributed by atoms with Gasteiger partial charge in [-0.1, -0.05) is 18.2 Å². The third-order valence-electron chi connectivity index (χ3n) is 8.94. The lowest BCUT2D eigenvalue weighted by molar-refractivity contribution is -0.193. The maximum Gasteiger partial charge on any atom is 0.302 e. The number of amides is 1. The number of ether oxygens (including phenoxy) is 2. The van der Waals surface area contributed by atoms with Gasteiger partial charge in [0.2, 0.25) is 0 Å². The molecule has 30 heavy (non-hydrogen) atoms. The lowest BCUT2D eigenvalue weighted by Crippen LogP contribution is -2.66. The summed E-state index contributed by atoms with van der Waals surface area (Å²) >= 11 is 0. The molecule has 0 aromatic heterocycles. The third kappa shape index (κ3) is 1.81. The van der Waals surface area contributed by atoms with E-state index in [0.29, 0.717) is 18.4 Å². The fraction of sp³-hybridized carbons (Fsp3) is 0.652. The van der Waals surface area contributed by atoms with Gasteiger partial charge in [-0.15, -0.1) is 0 Å². The van der Waals surface area contributed by atoms with Gasteiger partial charge in [-0.2, -0.15) is 5.06 Å². The smallest absolute Gasteiger partial charge is 0.302 e. The van der Waals surface area contributed by atoms with Gasteiger partial charge in [0.15, 0.2) is 0 Å². The van der Waals surface area contributed by atoms with Crippen LogP contribution in [0.1, 0.15) is 25.8 Å². The maximum absolute atomic E-state index is 14.2. The number of carbonyl (C=O) groups is 2. The number of benzene rings is 1. The van der Waals surface area contributed by atoms with Crippen LogP contribution in [-0.2, 0) is 29.3 Å². The summed E-state index contributed by atoms with van der Waals surface area (Å²) in [5, 5.41) is 1.45. The molecule has 5 aliphatic rings. The molecule has 2 saturated heterocycles. The van der Waals surface area contributed by atoms with Crippen molar-refractivity contribution in [1.29, 1.82) is 0 Å². The van der Waals surface area contributed by atoms with Gasteiger partial charge in [0.1, 0.15) is 11.5 Å². The van der Waals surface area contributed by atoms with Gasteiger partial charge >= 0.3 is 5.97 Å². The Kier molecular flexibility index (Phi) is 3.65. The highest BCUT2D eigenvalue weighted by atomic mass is 16.7. The molecule has 5 bridgehead atoms. The first-order chi connectivity index (χ1) is 14.4. The molecule has 3 heterocycles. The predicted octanol–water partition coefficient (Wildman–Crippen LogP) is 1.75. The average molecular weight is 412 g/mol. The number of rotatable bonds is 3. The number of hydroxylamine groups is 1. The van der Waals surface area contributed by atoms with Crippen molar-refractivity contribution < 1.29 is 23.9 Å². The van der Waals surface area contributed by atoms with E-state index >= 15 is 0 Å². The standard InChI is InChI=1S/C23H28N2O5/c1-12(30-13(2)26)22-11-24(3)19-14-10-29-18(9-16(14)22)23(20(19)22)15-7-5-6-8-17(15)25(28-4)21(23)27/h5-8,12,14,16,18-20H,9-11H2,1-4H3/t12-,14+,16-,18+,19+,20+,22-,23-/m0/s1. The normalized spacial score (nSPS) is 44.1. The van der Waals surface area contributed by atoms with E-state index < -0.39 is 5.41 Å². The molecule has 7 heteroatoms. The summed E-state index contributed by atoms with van der Waals surface area (Å²) in [6, 6.07) is 8.16. The first-order valence-electron chi connectivity index (χ1n) is 10.9. The molecular weight excluding hydrogens is 384 g/mol. The van der Waals surface area contributed by atoms with E-state index in [2.05, 4.69) is 18.0 Å². The van der Waals surface area contributed by atoms with Crippen LogP contribution in [0.5, 0.6) is 0 Å². The molecule has 2 saturated carbocycles. The molecule has 7 nitrogen and oxygen atoms in total. The number of anilines is 1. The van der Waals surface area contributed by atoms with Crippen LogP contribution in [0.2, 0.25) is 0 Å². The number of carbonyl (C=O) groups excluding carboxylic acids is 2. The van der Waals surface area contributed by atoms with Crippen molar-refractivity contribution >= 4 is 17.6 Å². The number of fused-ring (bicyclic) bond motifs is 5. The van der Waals surface area contributed by atoms with Crippen LogP contribution in [0.15, 0.2) is 24.3 Å². The lowest BCUT2D eigenvalue weighted by atomic mass is 9.50. The number of esters is 1. The van der Waals surface area contributed by atoms with Crippen LogP contribution < -0.4 is 5.06 Å². The van der Waals surface area contributed by atoms with Crippen molar-refractivity contribution in [2.75, 3.05) is 32.4 Å². The van der Waals surface area contributed by atoms with Crippen molar-refractivity contribution in [2.24, 2.45) is 23.2 Å². The Hall–Kier alpha value is -1.96. The monoisotopic (exact) mass is 412 g/mol. The van der Waals surface area contributed by atoms with Crippen LogP contribution in [0, 0.1) is 23.2 Å². The lowest BCUT2D eigenvalue weighted by Gasteiger charge is -2.57. The molecule has 4 fully saturated rings. The quantitative estimate of drug-likeness (QED) is 0.705. The molecular formula is C23H28N2O5. The molecule has 160 valence electrons. The minimum atomic E-state index is -0.821. The minimum absolute atomic E-state index is 0.00870. The van der Waals surface area contributed by atoms with E-state index in [4.69, 9.17) is 14.3 Å². The summed E-state index contributed by atoms with van der Waals surface area (Å²) in [6.45, 7) is 4.98. The van der Waals surface area contributed by atoms with E-state index in [-0.39, 0.29) is 41.5 Å². The number of piperidine rings is 1. The van der Waals surface area contributed by atoms with Crippen molar-refractivity contribution in [3.05, 3.63) is 29.8 Å². The second-order valence-electron chi connectivity index (χ2n) is 9.74. The van der Waals surface area contributed by atoms with Gasteiger partial charge in [0.25, 0.3) is 5.91 Å². The second-order valence-corrected chi connectivity index (χ2v) is 9.74. The summed E-state index contributed by atoms with van der Waals surface area (Å²) in [6.07, 6.45) is 0.357. The van der Waals surface area contributed by atoms with Crippen molar-refractivity contribution in [1.82, 2.24) is 4.90 Å². The Morgan fingerprint density at radius 2 is 2.10 bits per heavy atom. The first-order valence-corrected chi connectivity index (χ1v) is 10.9. The molecule has 1 aromatic rings. The summed E-state index contributed by atoms with van der Waals surface area (Å²) in [5.74, 6) is 0.439. The van der Waals surface area contributed by atoms with Crippen LogP contribution in [-0.4, -0.2) is 62.3 Å². The number of likely N-dealkylation sites (tertiary alicyclic amines) is 1. The zero-order chi connectivity index (χ0) is 21.0. The Morgan fingerprint density at radius 3 is 2.83 bits per heavy atom. The molecule has 6 rings (SSSR count). The SMILES string of the molecule is CON1C(=O)[C@@]2(c3ccccc31)[C@H]1C[C@H]3[C@@H](CO1)[C@@H]1[C@@H]2[C@]3([C@H](C)OC(C)=O)CN1C. The van der Waals surface area contributed by atoms with E-state index in [1.807, 2.05) is 25.1 Å². The first kappa shape index (κ1) is 18.8. The Bertz CT molecular complexity index is 951. The molecule has 1 aromatic carbocycles. The molecule has 2 aliphatic carbocycles. The molecule has 8 atom stereocenters. The fourth-order valence-corrected chi connectivity index (χ4v) is 8.34. The van der Waals surface area contributed by atoms with Crippen LogP contribution in [0.3, 0.4) is 0 Å². The highest BCUT2D eigenvalue weighted by molar-refractivity contribution is 6.08. The summed E-state index contributed by atoms with van der Waals surface area (Å²) < 4.78 is 12.3. The number of nitrogens with zero attached hydrogens (tertiary/aromatic N) is 2. The Labute approximate surface area is 176 Å². The molecule has 3 aliphatic heterocycles. The van der Waals surface area contributed by atoms with Gasteiger partial charge in [-0.25, -0.2) is 0 Å². The number of para-hydroxylation sites is 1. The van der Waals surface area contributed by atoms with Crippen molar-refractivity contribution in [2.45, 2.75) is 43.9 Å². The van der Waals surface area contributed by atoms with Gasteiger partial charge in [-0.05, 0) is 37.9 Å². The van der Waals surface area contributed by atoms with Gasteiger partial charge in [-0.3, -0.25) is 14.4 Å². The fourth-order valence-electron chi connectivity index (χ4n) is 8.34. The highest BCUT2D eigenvalue weighted by Gasteiger charge is 2.82. The highest BCUT2D eigenvalue weighted by Crippen LogP contribution is 2.74. The summed E-state index contributed by atoms with van der Waals surface area (Å²) in [5.41, 5.74) is 0.702. The topological polar surface area (TPSA) is 68.3 Å². The van der Waals surface area contributed by atoms with Crippen LogP contribution >= 0.6 is 0 Å². The molecule has 1 spiro atoms. The van der Waals surface area contributed by atoms with Crippen LogP contribution in [0.4, 0.5) is 5.69 Å². The molecule has 0 unspecified atom stereocenters. The number of hydrogen-bond donors (Lipinski definition) is 0. The predicted molar refractivity (Wildman–Crippen MR) is 108 cm³/mol. The minimum Gasteiger partial charge on any atom is -0.462 e. The Balaban J connectivity index is 1.62. The van der Waals surface area contributed by atoms with E-state index in [1.165, 1.54) is 12.0 Å².